The predicted molar refractivity (Wildman–Crippen MR) is 75.5 cm³/mol. The molecule has 7 heteroatoms. The summed E-state index contributed by atoms with van der Waals surface area (Å²) < 4.78 is 3.37. The second kappa shape index (κ2) is 4.01. The molecule has 1 aromatic carbocycles. The molecule has 0 saturated heterocycles. The van der Waals surface area contributed by atoms with Crippen LogP contribution in [0.5, 0.6) is 0 Å². The molecule has 0 bridgehead atoms. The van der Waals surface area contributed by atoms with Gasteiger partial charge in [-0.2, -0.15) is 5.10 Å². The Balaban J connectivity index is 1.98. The molecule has 0 spiro atoms. The van der Waals surface area contributed by atoms with Crippen molar-refractivity contribution >= 4 is 28.3 Å². The van der Waals surface area contributed by atoms with Crippen LogP contribution in [-0.2, 0) is 7.05 Å². The molecular formula is C13H9ClN6. The number of aromatic nitrogens is 6. The van der Waals surface area contributed by atoms with E-state index in [2.05, 4.69) is 20.2 Å². The first-order valence-electron chi connectivity index (χ1n) is 6.01. The minimum Gasteiger partial charge on any atom is -0.250 e. The SMILES string of the molecule is Cn1ncc2c1ncn1nc(-c3ccc(Cl)cc3)nc21. The number of fused-ring (bicyclic) bond motifs is 3. The molecule has 4 aromatic rings. The Labute approximate surface area is 118 Å². The van der Waals surface area contributed by atoms with Gasteiger partial charge in [-0.05, 0) is 24.3 Å². The Kier molecular flexibility index (Phi) is 2.28. The summed E-state index contributed by atoms with van der Waals surface area (Å²) in [6.07, 6.45) is 3.39. The van der Waals surface area contributed by atoms with Crippen molar-refractivity contribution in [3.8, 4) is 11.4 Å². The number of aryl methyl sites for hydroxylation is 1. The monoisotopic (exact) mass is 284 g/mol. The lowest BCUT2D eigenvalue weighted by Gasteiger charge is -1.93. The van der Waals surface area contributed by atoms with Gasteiger partial charge in [0, 0.05) is 17.6 Å². The third kappa shape index (κ3) is 1.58. The summed E-state index contributed by atoms with van der Waals surface area (Å²) in [5.41, 5.74) is 2.44. The zero-order valence-electron chi connectivity index (χ0n) is 10.5. The second-order valence-corrected chi connectivity index (χ2v) is 4.90. The molecule has 20 heavy (non-hydrogen) atoms. The molecule has 0 radical (unpaired) electrons. The van der Waals surface area contributed by atoms with Gasteiger partial charge in [-0.15, -0.1) is 5.10 Å². The molecule has 0 aliphatic rings. The van der Waals surface area contributed by atoms with E-state index < -0.39 is 0 Å². The lowest BCUT2D eigenvalue weighted by molar-refractivity contribution is 0.783. The van der Waals surface area contributed by atoms with E-state index in [1.807, 2.05) is 31.3 Å². The Bertz CT molecular complexity index is 921. The van der Waals surface area contributed by atoms with Crippen LogP contribution in [0, 0.1) is 0 Å². The standard InChI is InChI=1S/C13H9ClN6/c1-19-12-10(6-16-19)13-17-11(18-20(13)7-15-12)8-2-4-9(14)5-3-8/h2-7H,1H3. The van der Waals surface area contributed by atoms with Crippen molar-refractivity contribution in [1.29, 1.82) is 0 Å². The summed E-state index contributed by atoms with van der Waals surface area (Å²) in [5, 5.41) is 10.2. The highest BCUT2D eigenvalue weighted by molar-refractivity contribution is 6.30. The van der Waals surface area contributed by atoms with E-state index in [0.29, 0.717) is 10.8 Å². The van der Waals surface area contributed by atoms with Gasteiger partial charge in [0.2, 0.25) is 0 Å². The van der Waals surface area contributed by atoms with Gasteiger partial charge in [-0.1, -0.05) is 11.6 Å². The molecule has 0 saturated carbocycles. The molecule has 0 aliphatic heterocycles. The van der Waals surface area contributed by atoms with E-state index in [1.54, 1.807) is 21.7 Å². The Morgan fingerprint density at radius 1 is 1.10 bits per heavy atom. The first-order valence-corrected chi connectivity index (χ1v) is 6.39. The molecule has 4 rings (SSSR count). The second-order valence-electron chi connectivity index (χ2n) is 4.46. The summed E-state index contributed by atoms with van der Waals surface area (Å²) in [7, 11) is 1.85. The maximum atomic E-state index is 5.89. The fourth-order valence-corrected chi connectivity index (χ4v) is 2.29. The van der Waals surface area contributed by atoms with E-state index in [4.69, 9.17) is 11.6 Å². The molecule has 0 fully saturated rings. The zero-order valence-corrected chi connectivity index (χ0v) is 11.3. The fraction of sp³-hybridized carbons (Fsp3) is 0.0769. The van der Waals surface area contributed by atoms with Crippen LogP contribution in [0.3, 0.4) is 0 Å². The number of hydrogen-bond donors (Lipinski definition) is 0. The highest BCUT2D eigenvalue weighted by Crippen LogP contribution is 2.21. The van der Waals surface area contributed by atoms with Crippen LogP contribution in [0.1, 0.15) is 0 Å². The Morgan fingerprint density at radius 3 is 2.70 bits per heavy atom. The van der Waals surface area contributed by atoms with Gasteiger partial charge in [0.25, 0.3) is 0 Å². The number of rotatable bonds is 1. The van der Waals surface area contributed by atoms with Crippen LogP contribution < -0.4 is 0 Å². The van der Waals surface area contributed by atoms with Crippen molar-refractivity contribution in [1.82, 2.24) is 29.4 Å². The Morgan fingerprint density at radius 2 is 1.90 bits per heavy atom. The summed E-state index contributed by atoms with van der Waals surface area (Å²) in [6.45, 7) is 0. The van der Waals surface area contributed by atoms with Gasteiger partial charge < -0.3 is 0 Å². The predicted octanol–water partition coefficient (Wildman–Crippen LogP) is 2.33. The van der Waals surface area contributed by atoms with Crippen LogP contribution in [0.2, 0.25) is 5.02 Å². The zero-order chi connectivity index (χ0) is 13.7. The van der Waals surface area contributed by atoms with Crippen LogP contribution in [0.15, 0.2) is 36.8 Å². The van der Waals surface area contributed by atoms with E-state index in [-0.39, 0.29) is 0 Å². The molecule has 0 atom stereocenters. The van der Waals surface area contributed by atoms with E-state index in [9.17, 15) is 0 Å². The molecule has 0 aliphatic carbocycles. The van der Waals surface area contributed by atoms with Gasteiger partial charge in [-0.3, -0.25) is 4.68 Å². The highest BCUT2D eigenvalue weighted by atomic mass is 35.5. The van der Waals surface area contributed by atoms with Crippen LogP contribution in [0.25, 0.3) is 28.1 Å². The van der Waals surface area contributed by atoms with Gasteiger partial charge in [0.05, 0.1) is 11.6 Å². The molecule has 3 aromatic heterocycles. The topological polar surface area (TPSA) is 60.9 Å². The van der Waals surface area contributed by atoms with Gasteiger partial charge >= 0.3 is 0 Å². The normalized spacial score (nSPS) is 11.5. The van der Waals surface area contributed by atoms with Crippen molar-refractivity contribution in [2.24, 2.45) is 7.05 Å². The molecule has 0 amide bonds. The van der Waals surface area contributed by atoms with Crippen LogP contribution >= 0.6 is 11.6 Å². The first-order chi connectivity index (χ1) is 9.72. The number of benzene rings is 1. The van der Waals surface area contributed by atoms with Crippen molar-refractivity contribution in [3.63, 3.8) is 0 Å². The van der Waals surface area contributed by atoms with Crippen molar-refractivity contribution in [2.75, 3.05) is 0 Å². The maximum absolute atomic E-state index is 5.89. The van der Waals surface area contributed by atoms with Crippen LogP contribution in [-0.4, -0.2) is 29.4 Å². The minimum atomic E-state index is 0.639. The maximum Gasteiger partial charge on any atom is 0.182 e. The van der Waals surface area contributed by atoms with Gasteiger partial charge in [-0.25, -0.2) is 14.5 Å². The fourth-order valence-electron chi connectivity index (χ4n) is 2.16. The van der Waals surface area contributed by atoms with E-state index in [0.717, 1.165) is 22.2 Å². The lowest BCUT2D eigenvalue weighted by atomic mass is 10.2. The third-order valence-electron chi connectivity index (χ3n) is 3.17. The quantitative estimate of drug-likeness (QED) is 0.538. The average Bonchev–Trinajstić information content (AvgIpc) is 3.03. The lowest BCUT2D eigenvalue weighted by Crippen LogP contribution is -1.94. The van der Waals surface area contributed by atoms with Crippen molar-refractivity contribution in [2.45, 2.75) is 0 Å². The summed E-state index contributed by atoms with van der Waals surface area (Å²) >= 11 is 5.89. The molecule has 0 unspecified atom stereocenters. The van der Waals surface area contributed by atoms with Crippen LogP contribution in [0.4, 0.5) is 0 Å². The number of nitrogens with zero attached hydrogens (tertiary/aromatic N) is 6. The van der Waals surface area contributed by atoms with Gasteiger partial charge in [0.15, 0.2) is 17.1 Å². The molecule has 3 heterocycles. The molecule has 0 N–H and O–H groups in total. The minimum absolute atomic E-state index is 0.639. The molecular weight excluding hydrogens is 276 g/mol. The largest absolute Gasteiger partial charge is 0.250 e. The summed E-state index contributed by atoms with van der Waals surface area (Å²) in [6, 6.07) is 7.43. The van der Waals surface area contributed by atoms with E-state index in [1.165, 1.54) is 0 Å². The van der Waals surface area contributed by atoms with Gasteiger partial charge in [0.1, 0.15) is 6.33 Å². The Hall–Kier alpha value is -2.47. The smallest absolute Gasteiger partial charge is 0.182 e. The van der Waals surface area contributed by atoms with Crippen molar-refractivity contribution < 1.29 is 0 Å². The number of hydrogen-bond acceptors (Lipinski definition) is 4. The van der Waals surface area contributed by atoms with E-state index >= 15 is 0 Å². The molecule has 6 nitrogen and oxygen atoms in total. The molecule has 98 valence electrons. The van der Waals surface area contributed by atoms with Crippen molar-refractivity contribution in [3.05, 3.63) is 41.8 Å². The average molecular weight is 285 g/mol. The summed E-state index contributed by atoms with van der Waals surface area (Å²) in [4.78, 5) is 8.90. The highest BCUT2D eigenvalue weighted by Gasteiger charge is 2.12. The number of halogens is 1. The third-order valence-corrected chi connectivity index (χ3v) is 3.42. The summed E-state index contributed by atoms with van der Waals surface area (Å²) in [5.74, 6) is 0.639. The first kappa shape index (κ1) is 11.4.